The average molecular weight is 206 g/mol. The van der Waals surface area contributed by atoms with Crippen LogP contribution in [0, 0.1) is 11.8 Å². The molecule has 84 valence electrons. The minimum Gasteiger partial charge on any atom is -0.300 e. The summed E-state index contributed by atoms with van der Waals surface area (Å²) in [5.41, 5.74) is 2.85. The van der Waals surface area contributed by atoms with E-state index in [1.54, 1.807) is 6.92 Å². The zero-order chi connectivity index (χ0) is 11.4. The van der Waals surface area contributed by atoms with Crippen LogP contribution in [0.3, 0.4) is 0 Å². The lowest BCUT2D eigenvalue weighted by Gasteiger charge is -2.23. The van der Waals surface area contributed by atoms with E-state index < -0.39 is 0 Å². The van der Waals surface area contributed by atoms with Gasteiger partial charge < -0.3 is 4.79 Å². The van der Waals surface area contributed by atoms with Gasteiger partial charge in [0.1, 0.15) is 5.78 Å². The molecular weight excluding hydrogens is 184 g/mol. The maximum atomic E-state index is 10.9. The van der Waals surface area contributed by atoms with Crippen molar-refractivity contribution in [2.75, 3.05) is 0 Å². The molecule has 0 saturated carbocycles. The molecule has 0 amide bonds. The van der Waals surface area contributed by atoms with Gasteiger partial charge in [-0.2, -0.15) is 0 Å². The Labute approximate surface area is 93.3 Å². The van der Waals surface area contributed by atoms with Gasteiger partial charge in [0.25, 0.3) is 0 Å². The number of carbonyl (C=O) groups is 1. The predicted octanol–water partition coefficient (Wildman–Crippen LogP) is 3.90. The maximum absolute atomic E-state index is 10.9. The first-order valence-corrected chi connectivity index (χ1v) is 5.87. The molecule has 0 saturated heterocycles. The lowest BCUT2D eigenvalue weighted by atomic mass is 9.82. The van der Waals surface area contributed by atoms with Gasteiger partial charge >= 0.3 is 0 Å². The van der Waals surface area contributed by atoms with Crippen molar-refractivity contribution in [2.24, 2.45) is 11.8 Å². The fraction of sp³-hybridized carbons (Fsp3) is 0.643. The third-order valence-corrected chi connectivity index (χ3v) is 3.24. The van der Waals surface area contributed by atoms with Crippen molar-refractivity contribution in [1.29, 1.82) is 0 Å². The SMILES string of the molecule is CC(=O)CCC1=C(C)CC(C(C)C)C=C1. The second-order valence-corrected chi connectivity index (χ2v) is 4.98. The van der Waals surface area contributed by atoms with Crippen LogP contribution in [-0.4, -0.2) is 5.78 Å². The van der Waals surface area contributed by atoms with E-state index in [-0.39, 0.29) is 5.78 Å². The van der Waals surface area contributed by atoms with Crippen LogP contribution in [0.15, 0.2) is 23.3 Å². The van der Waals surface area contributed by atoms with Gasteiger partial charge in [-0.1, -0.05) is 31.6 Å². The van der Waals surface area contributed by atoms with Crippen molar-refractivity contribution in [3.05, 3.63) is 23.3 Å². The molecule has 1 atom stereocenters. The van der Waals surface area contributed by atoms with E-state index in [0.717, 1.165) is 6.42 Å². The molecule has 0 N–H and O–H groups in total. The highest BCUT2D eigenvalue weighted by molar-refractivity contribution is 5.75. The van der Waals surface area contributed by atoms with E-state index in [9.17, 15) is 4.79 Å². The van der Waals surface area contributed by atoms with E-state index in [1.807, 2.05) is 0 Å². The minimum atomic E-state index is 0.287. The zero-order valence-electron chi connectivity index (χ0n) is 10.3. The van der Waals surface area contributed by atoms with Crippen LogP contribution in [0.4, 0.5) is 0 Å². The minimum absolute atomic E-state index is 0.287. The van der Waals surface area contributed by atoms with Crippen molar-refractivity contribution in [3.63, 3.8) is 0 Å². The first-order valence-electron chi connectivity index (χ1n) is 5.87. The molecule has 1 aliphatic rings. The van der Waals surface area contributed by atoms with Crippen LogP contribution in [-0.2, 0) is 4.79 Å². The van der Waals surface area contributed by atoms with Crippen molar-refractivity contribution in [2.45, 2.75) is 47.0 Å². The molecule has 1 nitrogen and oxygen atoms in total. The van der Waals surface area contributed by atoms with Crippen LogP contribution in [0.2, 0.25) is 0 Å². The zero-order valence-corrected chi connectivity index (χ0v) is 10.3. The Morgan fingerprint density at radius 2 is 2.20 bits per heavy atom. The number of rotatable bonds is 4. The van der Waals surface area contributed by atoms with Crippen LogP contribution in [0.5, 0.6) is 0 Å². The molecule has 1 rings (SSSR count). The number of hydrogen-bond donors (Lipinski definition) is 0. The maximum Gasteiger partial charge on any atom is 0.130 e. The smallest absolute Gasteiger partial charge is 0.130 e. The summed E-state index contributed by atoms with van der Waals surface area (Å²) in [4.78, 5) is 10.9. The molecule has 1 heteroatoms. The standard InChI is InChI=1S/C14H22O/c1-10(2)14-8-7-13(11(3)9-14)6-5-12(4)15/h7-8,10,14H,5-6,9H2,1-4H3. The number of Topliss-reactive ketones (excluding diaryl/α,β-unsaturated/α-hetero) is 1. The second-order valence-electron chi connectivity index (χ2n) is 4.98. The van der Waals surface area contributed by atoms with Gasteiger partial charge in [0.2, 0.25) is 0 Å². The van der Waals surface area contributed by atoms with Crippen LogP contribution < -0.4 is 0 Å². The largest absolute Gasteiger partial charge is 0.300 e. The Balaban J connectivity index is 2.58. The van der Waals surface area contributed by atoms with E-state index in [1.165, 1.54) is 17.6 Å². The first-order chi connectivity index (χ1) is 7.00. The highest BCUT2D eigenvalue weighted by Gasteiger charge is 2.16. The molecular formula is C14H22O. The molecule has 0 bridgehead atoms. The molecule has 0 aliphatic heterocycles. The molecule has 15 heavy (non-hydrogen) atoms. The van der Waals surface area contributed by atoms with E-state index in [2.05, 4.69) is 32.9 Å². The Morgan fingerprint density at radius 1 is 1.53 bits per heavy atom. The second kappa shape index (κ2) is 5.29. The van der Waals surface area contributed by atoms with Crippen molar-refractivity contribution in [3.8, 4) is 0 Å². The topological polar surface area (TPSA) is 17.1 Å². The van der Waals surface area contributed by atoms with Crippen LogP contribution >= 0.6 is 0 Å². The van der Waals surface area contributed by atoms with Crippen LogP contribution in [0.25, 0.3) is 0 Å². The van der Waals surface area contributed by atoms with Gasteiger partial charge in [0.15, 0.2) is 0 Å². The normalized spacial score (nSPS) is 21.3. The van der Waals surface area contributed by atoms with Crippen molar-refractivity contribution < 1.29 is 4.79 Å². The predicted molar refractivity (Wildman–Crippen MR) is 64.7 cm³/mol. The van der Waals surface area contributed by atoms with Gasteiger partial charge in [-0.25, -0.2) is 0 Å². The summed E-state index contributed by atoms with van der Waals surface area (Å²) in [6, 6.07) is 0. The summed E-state index contributed by atoms with van der Waals surface area (Å²) in [6.45, 7) is 8.40. The Kier molecular flexibility index (Phi) is 4.31. The number of carbonyl (C=O) groups excluding carboxylic acids is 1. The molecule has 0 aromatic heterocycles. The van der Waals surface area contributed by atoms with E-state index in [4.69, 9.17) is 0 Å². The first kappa shape index (κ1) is 12.2. The van der Waals surface area contributed by atoms with E-state index >= 15 is 0 Å². The summed E-state index contributed by atoms with van der Waals surface area (Å²) in [7, 11) is 0. The highest BCUT2D eigenvalue weighted by atomic mass is 16.1. The summed E-state index contributed by atoms with van der Waals surface area (Å²) in [5.74, 6) is 1.69. The van der Waals surface area contributed by atoms with Gasteiger partial charge in [0.05, 0.1) is 0 Å². The lowest BCUT2D eigenvalue weighted by Crippen LogP contribution is -2.10. The monoisotopic (exact) mass is 206 g/mol. The Morgan fingerprint density at radius 3 is 2.67 bits per heavy atom. The molecule has 0 heterocycles. The fourth-order valence-corrected chi connectivity index (χ4v) is 2.00. The van der Waals surface area contributed by atoms with Crippen molar-refractivity contribution in [1.82, 2.24) is 0 Å². The van der Waals surface area contributed by atoms with Gasteiger partial charge in [-0.05, 0) is 44.1 Å². The molecule has 0 spiro atoms. The summed E-state index contributed by atoms with van der Waals surface area (Å²) < 4.78 is 0. The van der Waals surface area contributed by atoms with Crippen molar-refractivity contribution >= 4 is 5.78 Å². The van der Waals surface area contributed by atoms with E-state index in [0.29, 0.717) is 18.3 Å². The van der Waals surface area contributed by atoms with Gasteiger partial charge in [0, 0.05) is 6.42 Å². The highest BCUT2D eigenvalue weighted by Crippen LogP contribution is 2.30. The summed E-state index contributed by atoms with van der Waals surface area (Å²) >= 11 is 0. The molecule has 1 unspecified atom stereocenters. The number of allylic oxidation sites excluding steroid dienone is 4. The summed E-state index contributed by atoms with van der Waals surface area (Å²) in [5, 5.41) is 0. The Bertz CT molecular complexity index is 294. The number of hydrogen-bond acceptors (Lipinski definition) is 1. The Hall–Kier alpha value is -0.850. The molecule has 0 aromatic carbocycles. The lowest BCUT2D eigenvalue weighted by molar-refractivity contribution is -0.116. The number of ketones is 1. The fourth-order valence-electron chi connectivity index (χ4n) is 2.00. The third kappa shape index (κ3) is 3.65. The quantitative estimate of drug-likeness (QED) is 0.681. The van der Waals surface area contributed by atoms with Gasteiger partial charge in [-0.15, -0.1) is 0 Å². The molecule has 1 aliphatic carbocycles. The average Bonchev–Trinajstić information content (AvgIpc) is 2.15. The van der Waals surface area contributed by atoms with Crippen LogP contribution in [0.1, 0.15) is 47.0 Å². The molecule has 0 aromatic rings. The molecule has 0 radical (unpaired) electrons. The third-order valence-electron chi connectivity index (χ3n) is 3.24. The van der Waals surface area contributed by atoms with Gasteiger partial charge in [-0.3, -0.25) is 0 Å². The molecule has 0 fully saturated rings. The summed E-state index contributed by atoms with van der Waals surface area (Å²) in [6.07, 6.45) is 7.31.